The minimum Gasteiger partial charge on any atom is -0.459 e. The van der Waals surface area contributed by atoms with E-state index in [1.54, 1.807) is 17.6 Å². The zero-order valence-electron chi connectivity index (χ0n) is 13.7. The van der Waals surface area contributed by atoms with Crippen LogP contribution < -0.4 is 5.32 Å². The summed E-state index contributed by atoms with van der Waals surface area (Å²) in [5.41, 5.74) is 2.98. The third-order valence-electron chi connectivity index (χ3n) is 3.96. The molecule has 1 aromatic carbocycles. The number of benzene rings is 1. The zero-order chi connectivity index (χ0) is 16.9. The predicted octanol–water partition coefficient (Wildman–Crippen LogP) is 4.04. The first-order valence-corrected chi connectivity index (χ1v) is 8.70. The third kappa shape index (κ3) is 3.58. The second kappa shape index (κ2) is 7.47. The van der Waals surface area contributed by atoms with Crippen molar-refractivity contribution in [2.24, 2.45) is 0 Å². The van der Waals surface area contributed by atoms with Crippen molar-refractivity contribution in [1.29, 1.82) is 0 Å². The molecule has 3 aromatic rings. The van der Waals surface area contributed by atoms with Crippen molar-refractivity contribution in [1.82, 2.24) is 10.2 Å². The van der Waals surface area contributed by atoms with Gasteiger partial charge < -0.3 is 14.6 Å². The molecule has 1 unspecified atom stereocenters. The summed E-state index contributed by atoms with van der Waals surface area (Å²) in [7, 11) is 4.02. The van der Waals surface area contributed by atoms with Crippen molar-refractivity contribution in [3.63, 3.8) is 0 Å². The number of amides is 1. The van der Waals surface area contributed by atoms with Crippen molar-refractivity contribution in [2.75, 3.05) is 20.6 Å². The highest BCUT2D eigenvalue weighted by molar-refractivity contribution is 7.07. The highest BCUT2D eigenvalue weighted by Crippen LogP contribution is 2.25. The van der Waals surface area contributed by atoms with Crippen molar-refractivity contribution in [2.45, 2.75) is 6.04 Å². The van der Waals surface area contributed by atoms with Gasteiger partial charge in [-0.3, -0.25) is 4.79 Å². The summed E-state index contributed by atoms with van der Waals surface area (Å²) in [4.78, 5) is 14.7. The van der Waals surface area contributed by atoms with Gasteiger partial charge in [0.2, 0.25) is 0 Å². The largest absolute Gasteiger partial charge is 0.459 e. The van der Waals surface area contributed by atoms with Gasteiger partial charge in [0.1, 0.15) is 0 Å². The van der Waals surface area contributed by atoms with E-state index >= 15 is 0 Å². The first kappa shape index (κ1) is 16.5. The molecule has 0 spiro atoms. The quantitative estimate of drug-likeness (QED) is 0.736. The van der Waals surface area contributed by atoms with E-state index in [4.69, 9.17) is 4.42 Å². The fourth-order valence-corrected chi connectivity index (χ4v) is 3.37. The molecule has 4 nitrogen and oxygen atoms in total. The van der Waals surface area contributed by atoms with Gasteiger partial charge in [-0.2, -0.15) is 11.3 Å². The van der Waals surface area contributed by atoms with Crippen LogP contribution in [-0.4, -0.2) is 31.4 Å². The molecule has 1 amide bonds. The number of rotatable bonds is 6. The van der Waals surface area contributed by atoms with Gasteiger partial charge in [-0.25, -0.2) is 0 Å². The lowest BCUT2D eigenvalue weighted by Gasteiger charge is -2.23. The first-order valence-electron chi connectivity index (χ1n) is 7.76. The Morgan fingerprint density at radius 1 is 1.21 bits per heavy atom. The molecule has 0 aliphatic heterocycles. The van der Waals surface area contributed by atoms with Gasteiger partial charge in [-0.15, -0.1) is 0 Å². The van der Waals surface area contributed by atoms with Crippen LogP contribution in [0, 0.1) is 0 Å². The topological polar surface area (TPSA) is 45.5 Å². The van der Waals surface area contributed by atoms with E-state index < -0.39 is 0 Å². The number of hydrogen-bond acceptors (Lipinski definition) is 4. The van der Waals surface area contributed by atoms with Gasteiger partial charge in [0.05, 0.1) is 12.3 Å². The molecule has 0 bridgehead atoms. The summed E-state index contributed by atoms with van der Waals surface area (Å²) in [6.45, 7) is 0.525. The minimum atomic E-state index is -0.194. The molecule has 2 heterocycles. The highest BCUT2D eigenvalue weighted by Gasteiger charge is 2.20. The lowest BCUT2D eigenvalue weighted by molar-refractivity contribution is 0.0915. The third-order valence-corrected chi connectivity index (χ3v) is 4.66. The summed E-state index contributed by atoms with van der Waals surface area (Å²) in [5, 5.41) is 7.15. The van der Waals surface area contributed by atoms with Gasteiger partial charge in [0.15, 0.2) is 5.76 Å². The van der Waals surface area contributed by atoms with Gasteiger partial charge >= 0.3 is 0 Å². The van der Waals surface area contributed by atoms with E-state index in [0.717, 1.165) is 11.1 Å². The Morgan fingerprint density at radius 2 is 2.00 bits per heavy atom. The maximum absolute atomic E-state index is 12.6. The van der Waals surface area contributed by atoms with Crippen molar-refractivity contribution < 1.29 is 9.21 Å². The Morgan fingerprint density at radius 3 is 2.67 bits per heavy atom. The van der Waals surface area contributed by atoms with E-state index in [2.05, 4.69) is 21.7 Å². The normalized spacial score (nSPS) is 12.3. The SMILES string of the molecule is CN(C)C(CNC(=O)c1occc1-c1ccccc1)c1ccsc1. The molecule has 24 heavy (non-hydrogen) atoms. The Bertz CT molecular complexity index is 779. The van der Waals surface area contributed by atoms with E-state index in [-0.39, 0.29) is 11.9 Å². The molecular weight excluding hydrogens is 320 g/mol. The standard InChI is InChI=1S/C19H20N2O2S/c1-21(2)17(15-9-11-24-13-15)12-20-19(22)18-16(8-10-23-18)14-6-4-3-5-7-14/h3-11,13,17H,12H2,1-2H3,(H,20,22). The van der Waals surface area contributed by atoms with Gasteiger partial charge in [-0.05, 0) is 48.1 Å². The molecule has 5 heteroatoms. The fourth-order valence-electron chi connectivity index (χ4n) is 2.66. The van der Waals surface area contributed by atoms with Crippen molar-refractivity contribution in [3.8, 4) is 11.1 Å². The summed E-state index contributed by atoms with van der Waals surface area (Å²) in [5.74, 6) is 0.157. The second-order valence-electron chi connectivity index (χ2n) is 5.78. The summed E-state index contributed by atoms with van der Waals surface area (Å²) >= 11 is 1.66. The van der Waals surface area contributed by atoms with Crippen LogP contribution in [0.15, 0.2) is 63.9 Å². The monoisotopic (exact) mass is 340 g/mol. The first-order chi connectivity index (χ1) is 11.7. The van der Waals surface area contributed by atoms with Gasteiger partial charge in [0, 0.05) is 12.1 Å². The second-order valence-corrected chi connectivity index (χ2v) is 6.56. The van der Waals surface area contributed by atoms with Crippen molar-refractivity contribution >= 4 is 17.2 Å². The molecule has 1 atom stereocenters. The van der Waals surface area contributed by atoms with Gasteiger partial charge in [0.25, 0.3) is 5.91 Å². The summed E-state index contributed by atoms with van der Waals surface area (Å²) in [6.07, 6.45) is 1.56. The number of likely N-dealkylation sites (N-methyl/N-ethyl adjacent to an activating group) is 1. The summed E-state index contributed by atoms with van der Waals surface area (Å²) < 4.78 is 5.44. The van der Waals surface area contributed by atoms with Crippen LogP contribution in [0.3, 0.4) is 0 Å². The van der Waals surface area contributed by atoms with Crippen LogP contribution in [-0.2, 0) is 0 Å². The molecule has 0 saturated carbocycles. The Balaban J connectivity index is 1.73. The maximum atomic E-state index is 12.6. The molecule has 0 saturated heterocycles. The van der Waals surface area contributed by atoms with Crippen LogP contribution in [0.4, 0.5) is 0 Å². The smallest absolute Gasteiger partial charge is 0.287 e. The number of carbonyl (C=O) groups is 1. The van der Waals surface area contributed by atoms with Gasteiger partial charge in [-0.1, -0.05) is 30.3 Å². The van der Waals surface area contributed by atoms with Crippen LogP contribution in [0.1, 0.15) is 22.2 Å². The van der Waals surface area contributed by atoms with Crippen LogP contribution in [0.2, 0.25) is 0 Å². The average molecular weight is 340 g/mol. The zero-order valence-corrected chi connectivity index (χ0v) is 14.5. The number of nitrogens with one attached hydrogen (secondary N) is 1. The van der Waals surface area contributed by atoms with E-state index in [0.29, 0.717) is 12.3 Å². The number of carbonyl (C=O) groups excluding carboxylic acids is 1. The predicted molar refractivity (Wildman–Crippen MR) is 97.2 cm³/mol. The number of nitrogens with zero attached hydrogens (tertiary/aromatic N) is 1. The Kier molecular flexibility index (Phi) is 5.13. The Hall–Kier alpha value is -2.37. The number of thiophene rings is 1. The van der Waals surface area contributed by atoms with E-state index in [9.17, 15) is 4.79 Å². The highest BCUT2D eigenvalue weighted by atomic mass is 32.1. The lowest BCUT2D eigenvalue weighted by Crippen LogP contribution is -2.34. The molecule has 3 rings (SSSR count). The number of furan rings is 1. The van der Waals surface area contributed by atoms with E-state index in [1.165, 1.54) is 5.56 Å². The molecule has 0 fully saturated rings. The lowest BCUT2D eigenvalue weighted by atomic mass is 10.1. The number of hydrogen-bond donors (Lipinski definition) is 1. The fraction of sp³-hybridized carbons (Fsp3) is 0.211. The van der Waals surface area contributed by atoms with Crippen LogP contribution in [0.25, 0.3) is 11.1 Å². The molecule has 2 aromatic heterocycles. The van der Waals surface area contributed by atoms with Crippen molar-refractivity contribution in [3.05, 3.63) is 70.8 Å². The molecule has 0 aliphatic carbocycles. The molecule has 1 N–H and O–H groups in total. The van der Waals surface area contributed by atoms with Crippen LogP contribution in [0.5, 0.6) is 0 Å². The molecule has 124 valence electrons. The Labute approximate surface area is 145 Å². The molecule has 0 radical (unpaired) electrons. The van der Waals surface area contributed by atoms with Crippen LogP contribution >= 0.6 is 11.3 Å². The summed E-state index contributed by atoms with van der Waals surface area (Å²) in [6, 6.07) is 13.8. The molecule has 0 aliphatic rings. The minimum absolute atomic E-state index is 0.135. The van der Waals surface area contributed by atoms with E-state index in [1.807, 2.05) is 55.9 Å². The molecular formula is C19H20N2O2S. The maximum Gasteiger partial charge on any atom is 0.287 e. The average Bonchev–Trinajstić information content (AvgIpc) is 3.27.